The van der Waals surface area contributed by atoms with Gasteiger partial charge in [0.05, 0.1) is 11.5 Å². The van der Waals surface area contributed by atoms with E-state index >= 15 is 0 Å². The summed E-state index contributed by atoms with van der Waals surface area (Å²) in [5.74, 6) is 1.23. The molecular formula is C17H24N2O4S. The van der Waals surface area contributed by atoms with Gasteiger partial charge >= 0.3 is 0 Å². The fourth-order valence-electron chi connectivity index (χ4n) is 3.27. The average molecular weight is 352 g/mol. The van der Waals surface area contributed by atoms with Gasteiger partial charge in [-0.15, -0.1) is 0 Å². The molecule has 2 saturated heterocycles. The van der Waals surface area contributed by atoms with Crippen molar-refractivity contribution < 1.29 is 17.9 Å². The number of piperazine rings is 1. The molecule has 1 amide bonds. The maximum atomic E-state index is 12.3. The smallest absolute Gasteiger partial charge is 0.260 e. The van der Waals surface area contributed by atoms with E-state index in [2.05, 4.69) is 4.90 Å². The molecule has 0 spiro atoms. The highest BCUT2D eigenvalue weighted by atomic mass is 32.2. The van der Waals surface area contributed by atoms with Crippen molar-refractivity contribution in [2.75, 3.05) is 44.3 Å². The van der Waals surface area contributed by atoms with Gasteiger partial charge in [-0.2, -0.15) is 0 Å². The second kappa shape index (κ2) is 7.11. The number of ether oxygens (including phenoxy) is 1. The summed E-state index contributed by atoms with van der Waals surface area (Å²) in [4.78, 5) is 16.3. The van der Waals surface area contributed by atoms with Crippen molar-refractivity contribution in [2.45, 2.75) is 19.4 Å². The Morgan fingerprint density at radius 1 is 1.17 bits per heavy atom. The van der Waals surface area contributed by atoms with Crippen LogP contribution < -0.4 is 4.74 Å². The fourth-order valence-corrected chi connectivity index (χ4v) is 5.03. The van der Waals surface area contributed by atoms with E-state index in [9.17, 15) is 13.2 Å². The van der Waals surface area contributed by atoms with E-state index in [1.165, 1.54) is 0 Å². The number of hydrogen-bond donors (Lipinski definition) is 0. The molecule has 2 heterocycles. The Bertz CT molecular complexity index is 679. The van der Waals surface area contributed by atoms with Crippen molar-refractivity contribution in [3.63, 3.8) is 0 Å². The van der Waals surface area contributed by atoms with Gasteiger partial charge in [0.25, 0.3) is 5.91 Å². The van der Waals surface area contributed by atoms with Gasteiger partial charge in [-0.3, -0.25) is 9.69 Å². The van der Waals surface area contributed by atoms with E-state index in [0.29, 0.717) is 31.0 Å². The van der Waals surface area contributed by atoms with Gasteiger partial charge in [0, 0.05) is 32.2 Å². The van der Waals surface area contributed by atoms with Crippen LogP contribution in [0.5, 0.6) is 5.75 Å². The lowest BCUT2D eigenvalue weighted by Gasteiger charge is -2.37. The Balaban J connectivity index is 1.44. The van der Waals surface area contributed by atoms with Crippen LogP contribution in [0.15, 0.2) is 24.3 Å². The quantitative estimate of drug-likeness (QED) is 0.798. The van der Waals surface area contributed by atoms with Crippen molar-refractivity contribution in [1.29, 1.82) is 0 Å². The van der Waals surface area contributed by atoms with Gasteiger partial charge in [0.1, 0.15) is 5.75 Å². The molecule has 0 bridgehead atoms. The Morgan fingerprint density at radius 2 is 1.83 bits per heavy atom. The highest BCUT2D eigenvalue weighted by Crippen LogP contribution is 2.19. The van der Waals surface area contributed by atoms with E-state index < -0.39 is 9.84 Å². The Labute approximate surface area is 143 Å². The third kappa shape index (κ3) is 4.27. The maximum absolute atomic E-state index is 12.3. The van der Waals surface area contributed by atoms with Crippen LogP contribution in [0.4, 0.5) is 0 Å². The molecule has 132 valence electrons. The zero-order valence-electron chi connectivity index (χ0n) is 14.0. The molecule has 7 heteroatoms. The van der Waals surface area contributed by atoms with Crippen molar-refractivity contribution in [3.8, 4) is 5.75 Å². The van der Waals surface area contributed by atoms with Crippen LogP contribution in [0.25, 0.3) is 0 Å². The molecule has 0 N–H and O–H groups in total. The first-order chi connectivity index (χ1) is 11.4. The minimum Gasteiger partial charge on any atom is -0.484 e. The minimum atomic E-state index is -2.86. The minimum absolute atomic E-state index is 0.0192. The lowest BCUT2D eigenvalue weighted by atomic mass is 10.2. The zero-order chi connectivity index (χ0) is 17.2. The molecule has 1 atom stereocenters. The standard InChI is InChI=1S/C17H24N2O4S/c1-14-2-4-16(5-3-14)23-12-17(20)19-9-7-18(8-10-19)15-6-11-24(21,22)13-15/h2-5,15H,6-13H2,1H3. The number of benzene rings is 1. The summed E-state index contributed by atoms with van der Waals surface area (Å²) in [6, 6.07) is 7.75. The molecule has 24 heavy (non-hydrogen) atoms. The topological polar surface area (TPSA) is 66.9 Å². The van der Waals surface area contributed by atoms with Crippen molar-refractivity contribution in [2.24, 2.45) is 0 Å². The molecule has 2 aliphatic heterocycles. The molecule has 2 aliphatic rings. The third-order valence-corrected chi connectivity index (χ3v) is 6.53. The van der Waals surface area contributed by atoms with Crippen LogP contribution in [-0.2, 0) is 14.6 Å². The lowest BCUT2D eigenvalue weighted by molar-refractivity contribution is -0.135. The van der Waals surface area contributed by atoms with Crippen LogP contribution in [0, 0.1) is 6.92 Å². The summed E-state index contributed by atoms with van der Waals surface area (Å²) in [7, 11) is -2.86. The molecule has 2 fully saturated rings. The highest BCUT2D eigenvalue weighted by Gasteiger charge is 2.34. The van der Waals surface area contributed by atoms with E-state index in [1.807, 2.05) is 31.2 Å². The molecule has 1 aromatic rings. The van der Waals surface area contributed by atoms with Gasteiger partial charge < -0.3 is 9.64 Å². The molecule has 0 aromatic heterocycles. The average Bonchev–Trinajstić information content (AvgIpc) is 2.94. The van der Waals surface area contributed by atoms with Crippen LogP contribution in [0.2, 0.25) is 0 Å². The van der Waals surface area contributed by atoms with Gasteiger partial charge in [-0.05, 0) is 25.5 Å². The molecule has 1 unspecified atom stereocenters. The summed E-state index contributed by atoms with van der Waals surface area (Å²) >= 11 is 0. The first-order valence-corrected chi connectivity index (χ1v) is 10.2. The Morgan fingerprint density at radius 3 is 2.42 bits per heavy atom. The van der Waals surface area contributed by atoms with Crippen LogP contribution >= 0.6 is 0 Å². The predicted octanol–water partition coefficient (Wildman–Crippen LogP) is 0.705. The van der Waals surface area contributed by atoms with Gasteiger partial charge in [-0.25, -0.2) is 8.42 Å². The third-order valence-electron chi connectivity index (χ3n) is 4.78. The number of sulfone groups is 1. The predicted molar refractivity (Wildman–Crippen MR) is 91.9 cm³/mol. The Kier molecular flexibility index (Phi) is 5.10. The summed E-state index contributed by atoms with van der Waals surface area (Å²) in [5, 5.41) is 0. The second-order valence-corrected chi connectivity index (χ2v) is 8.80. The number of rotatable bonds is 4. The van der Waals surface area contributed by atoms with Gasteiger partial charge in [0.15, 0.2) is 16.4 Å². The molecular weight excluding hydrogens is 328 g/mol. The molecule has 6 nitrogen and oxygen atoms in total. The number of nitrogens with zero attached hydrogens (tertiary/aromatic N) is 2. The van der Waals surface area contributed by atoms with Crippen LogP contribution in [0.3, 0.4) is 0 Å². The number of carbonyl (C=O) groups excluding carboxylic acids is 1. The summed E-state index contributed by atoms with van der Waals surface area (Å²) in [6.07, 6.45) is 0.715. The largest absolute Gasteiger partial charge is 0.484 e. The number of hydrogen-bond acceptors (Lipinski definition) is 5. The summed E-state index contributed by atoms with van der Waals surface area (Å²) in [6.45, 7) is 4.77. The van der Waals surface area contributed by atoms with Crippen LogP contribution in [-0.4, -0.2) is 74.5 Å². The number of carbonyl (C=O) groups is 1. The summed E-state index contributed by atoms with van der Waals surface area (Å²) < 4.78 is 28.7. The van der Waals surface area contributed by atoms with E-state index in [1.54, 1.807) is 4.90 Å². The van der Waals surface area contributed by atoms with Crippen molar-refractivity contribution in [3.05, 3.63) is 29.8 Å². The van der Waals surface area contributed by atoms with E-state index in [4.69, 9.17) is 4.74 Å². The van der Waals surface area contributed by atoms with Gasteiger partial charge in [-0.1, -0.05) is 17.7 Å². The monoisotopic (exact) mass is 352 g/mol. The molecule has 0 radical (unpaired) electrons. The summed E-state index contributed by atoms with van der Waals surface area (Å²) in [5.41, 5.74) is 1.15. The first kappa shape index (κ1) is 17.2. The highest BCUT2D eigenvalue weighted by molar-refractivity contribution is 7.91. The van der Waals surface area contributed by atoms with Crippen LogP contribution in [0.1, 0.15) is 12.0 Å². The normalized spacial score (nSPS) is 24.0. The van der Waals surface area contributed by atoms with Crippen molar-refractivity contribution >= 4 is 15.7 Å². The zero-order valence-corrected chi connectivity index (χ0v) is 14.8. The Hall–Kier alpha value is -1.60. The molecule has 0 aliphatic carbocycles. The second-order valence-electron chi connectivity index (χ2n) is 6.58. The van der Waals surface area contributed by atoms with Gasteiger partial charge in [0.2, 0.25) is 0 Å². The van der Waals surface area contributed by atoms with E-state index in [-0.39, 0.29) is 24.3 Å². The molecule has 0 saturated carbocycles. The molecule has 1 aromatic carbocycles. The lowest BCUT2D eigenvalue weighted by Crippen LogP contribution is -2.53. The number of amides is 1. The SMILES string of the molecule is Cc1ccc(OCC(=O)N2CCN(C3CCS(=O)(=O)C3)CC2)cc1. The number of aryl methyl sites for hydroxylation is 1. The van der Waals surface area contributed by atoms with Crippen molar-refractivity contribution in [1.82, 2.24) is 9.80 Å². The first-order valence-electron chi connectivity index (χ1n) is 8.35. The molecule has 3 rings (SSSR count). The van der Waals surface area contributed by atoms with E-state index in [0.717, 1.165) is 18.7 Å². The maximum Gasteiger partial charge on any atom is 0.260 e. The fraction of sp³-hybridized carbons (Fsp3) is 0.588.